The van der Waals surface area contributed by atoms with Crippen molar-refractivity contribution in [2.45, 2.75) is 6.92 Å². The lowest BCUT2D eigenvalue weighted by atomic mass is 10.1. The Morgan fingerprint density at radius 2 is 1.90 bits per heavy atom. The Balaban J connectivity index is 2.33. The third-order valence-corrected chi connectivity index (χ3v) is 3.00. The Bertz CT molecular complexity index is 596. The van der Waals surface area contributed by atoms with Gasteiger partial charge in [-0.15, -0.1) is 0 Å². The molecule has 0 saturated heterocycles. The van der Waals surface area contributed by atoms with Crippen LogP contribution in [0, 0.1) is 12.7 Å². The van der Waals surface area contributed by atoms with Crippen molar-refractivity contribution in [2.75, 3.05) is 18.0 Å². The van der Waals surface area contributed by atoms with Gasteiger partial charge in [-0.05, 0) is 48.9 Å². The fraction of sp³-hybridized carbons (Fsp3) is 0.188. The van der Waals surface area contributed by atoms with Crippen molar-refractivity contribution >= 4 is 11.6 Å². The molecule has 0 heterocycles. The lowest BCUT2D eigenvalue weighted by Crippen LogP contribution is -2.35. The van der Waals surface area contributed by atoms with Crippen LogP contribution in [0.5, 0.6) is 0 Å². The maximum absolute atomic E-state index is 12.9. The molecule has 0 saturated carbocycles. The summed E-state index contributed by atoms with van der Waals surface area (Å²) in [5, 5.41) is 0. The van der Waals surface area contributed by atoms with E-state index in [1.54, 1.807) is 4.90 Å². The molecule has 2 aromatic rings. The highest BCUT2D eigenvalue weighted by molar-refractivity contribution is 6.06. The number of anilines is 1. The van der Waals surface area contributed by atoms with E-state index in [0.717, 1.165) is 11.3 Å². The van der Waals surface area contributed by atoms with Crippen molar-refractivity contribution in [2.24, 2.45) is 5.73 Å². The van der Waals surface area contributed by atoms with E-state index in [-0.39, 0.29) is 11.7 Å². The van der Waals surface area contributed by atoms with Crippen LogP contribution in [0.1, 0.15) is 15.9 Å². The number of rotatable bonds is 4. The molecule has 0 spiro atoms. The first kappa shape index (κ1) is 14.2. The smallest absolute Gasteiger partial charge is 0.258 e. The SMILES string of the molecule is Cc1cccc(N(CCN)C(=O)c2ccc(F)cc2)c1. The Morgan fingerprint density at radius 3 is 2.50 bits per heavy atom. The van der Waals surface area contributed by atoms with Crippen molar-refractivity contribution in [1.82, 2.24) is 0 Å². The minimum absolute atomic E-state index is 0.180. The minimum atomic E-state index is -0.359. The van der Waals surface area contributed by atoms with E-state index < -0.39 is 0 Å². The first-order valence-corrected chi connectivity index (χ1v) is 6.46. The van der Waals surface area contributed by atoms with Gasteiger partial charge in [0.05, 0.1) is 0 Å². The molecule has 2 aromatic carbocycles. The maximum atomic E-state index is 12.9. The Kier molecular flexibility index (Phi) is 4.48. The maximum Gasteiger partial charge on any atom is 0.258 e. The zero-order chi connectivity index (χ0) is 14.5. The number of hydrogen-bond donors (Lipinski definition) is 1. The Hall–Kier alpha value is -2.20. The molecule has 20 heavy (non-hydrogen) atoms. The van der Waals surface area contributed by atoms with Gasteiger partial charge in [0.1, 0.15) is 5.82 Å². The highest BCUT2D eigenvalue weighted by atomic mass is 19.1. The number of nitrogens with two attached hydrogens (primary N) is 1. The number of carbonyl (C=O) groups is 1. The Labute approximate surface area is 117 Å². The molecule has 0 aromatic heterocycles. The molecule has 0 aliphatic carbocycles. The predicted octanol–water partition coefficient (Wildman–Crippen LogP) is 2.74. The zero-order valence-electron chi connectivity index (χ0n) is 11.3. The van der Waals surface area contributed by atoms with Crippen LogP contribution in [-0.2, 0) is 0 Å². The number of halogens is 1. The highest BCUT2D eigenvalue weighted by Gasteiger charge is 2.17. The summed E-state index contributed by atoms with van der Waals surface area (Å²) in [5.74, 6) is -0.538. The molecule has 4 heteroatoms. The molecule has 1 amide bonds. The summed E-state index contributed by atoms with van der Waals surface area (Å²) in [6.07, 6.45) is 0. The number of amides is 1. The van der Waals surface area contributed by atoms with Gasteiger partial charge in [-0.2, -0.15) is 0 Å². The molecule has 104 valence electrons. The molecule has 0 aliphatic rings. The quantitative estimate of drug-likeness (QED) is 0.930. The molecule has 0 radical (unpaired) electrons. The summed E-state index contributed by atoms with van der Waals surface area (Å²) in [6, 6.07) is 13.2. The van der Waals surface area contributed by atoms with E-state index >= 15 is 0 Å². The third kappa shape index (κ3) is 3.22. The van der Waals surface area contributed by atoms with Crippen LogP contribution < -0.4 is 10.6 Å². The van der Waals surface area contributed by atoms with Gasteiger partial charge in [-0.3, -0.25) is 4.79 Å². The fourth-order valence-corrected chi connectivity index (χ4v) is 2.02. The van der Waals surface area contributed by atoms with Gasteiger partial charge in [0.2, 0.25) is 0 Å². The molecule has 2 N–H and O–H groups in total. The standard InChI is InChI=1S/C16H17FN2O/c1-12-3-2-4-15(11-12)19(10-9-18)16(20)13-5-7-14(17)8-6-13/h2-8,11H,9-10,18H2,1H3. The van der Waals surface area contributed by atoms with E-state index in [0.29, 0.717) is 18.7 Å². The van der Waals surface area contributed by atoms with E-state index in [1.807, 2.05) is 31.2 Å². The number of nitrogens with zero attached hydrogens (tertiary/aromatic N) is 1. The molecule has 3 nitrogen and oxygen atoms in total. The largest absolute Gasteiger partial charge is 0.329 e. The first-order valence-electron chi connectivity index (χ1n) is 6.46. The van der Waals surface area contributed by atoms with Gasteiger partial charge < -0.3 is 10.6 Å². The third-order valence-electron chi connectivity index (χ3n) is 3.00. The number of carbonyl (C=O) groups excluding carboxylic acids is 1. The molecular formula is C16H17FN2O. The summed E-state index contributed by atoms with van der Waals surface area (Å²) in [4.78, 5) is 14.1. The number of aryl methyl sites for hydroxylation is 1. The summed E-state index contributed by atoms with van der Waals surface area (Å²) >= 11 is 0. The van der Waals surface area contributed by atoms with Gasteiger partial charge >= 0.3 is 0 Å². The molecule has 0 aliphatic heterocycles. The van der Waals surface area contributed by atoms with Crippen LogP contribution >= 0.6 is 0 Å². The molecule has 0 fully saturated rings. The molecule has 2 rings (SSSR count). The second-order valence-corrected chi connectivity index (χ2v) is 4.59. The van der Waals surface area contributed by atoms with E-state index in [9.17, 15) is 9.18 Å². The van der Waals surface area contributed by atoms with Gasteiger partial charge in [0, 0.05) is 24.3 Å². The highest BCUT2D eigenvalue weighted by Crippen LogP contribution is 2.18. The van der Waals surface area contributed by atoms with Crippen molar-refractivity contribution < 1.29 is 9.18 Å². The van der Waals surface area contributed by atoms with E-state index in [1.165, 1.54) is 24.3 Å². The summed E-state index contributed by atoms with van der Waals surface area (Å²) in [7, 11) is 0. The average molecular weight is 272 g/mol. The second kappa shape index (κ2) is 6.30. The average Bonchev–Trinajstić information content (AvgIpc) is 2.45. The number of benzene rings is 2. The van der Waals surface area contributed by atoms with Crippen LogP contribution in [-0.4, -0.2) is 19.0 Å². The predicted molar refractivity (Wildman–Crippen MR) is 78.3 cm³/mol. The minimum Gasteiger partial charge on any atom is -0.329 e. The molecule has 0 unspecified atom stereocenters. The van der Waals surface area contributed by atoms with Crippen molar-refractivity contribution in [3.8, 4) is 0 Å². The molecule has 0 bridgehead atoms. The number of hydrogen-bond acceptors (Lipinski definition) is 2. The molecular weight excluding hydrogens is 255 g/mol. The topological polar surface area (TPSA) is 46.3 Å². The fourth-order valence-electron chi connectivity index (χ4n) is 2.02. The van der Waals surface area contributed by atoms with E-state index in [2.05, 4.69) is 0 Å². The first-order chi connectivity index (χ1) is 9.61. The van der Waals surface area contributed by atoms with Crippen LogP contribution in [0.2, 0.25) is 0 Å². The summed E-state index contributed by atoms with van der Waals surface area (Å²) < 4.78 is 12.9. The zero-order valence-corrected chi connectivity index (χ0v) is 11.3. The van der Waals surface area contributed by atoms with Crippen molar-refractivity contribution in [3.05, 3.63) is 65.5 Å². The summed E-state index contributed by atoms with van der Waals surface area (Å²) in [5.41, 5.74) is 7.90. The normalized spacial score (nSPS) is 10.3. The van der Waals surface area contributed by atoms with Gasteiger partial charge in [-0.1, -0.05) is 12.1 Å². The lowest BCUT2D eigenvalue weighted by Gasteiger charge is -2.22. The summed E-state index contributed by atoms with van der Waals surface area (Å²) in [6.45, 7) is 2.74. The monoisotopic (exact) mass is 272 g/mol. The van der Waals surface area contributed by atoms with Crippen LogP contribution in [0.3, 0.4) is 0 Å². The molecule has 0 atom stereocenters. The lowest BCUT2D eigenvalue weighted by molar-refractivity contribution is 0.0987. The van der Waals surface area contributed by atoms with Crippen LogP contribution in [0.15, 0.2) is 48.5 Å². The van der Waals surface area contributed by atoms with Gasteiger partial charge in [0.15, 0.2) is 0 Å². The Morgan fingerprint density at radius 1 is 1.20 bits per heavy atom. The van der Waals surface area contributed by atoms with Gasteiger partial charge in [0.25, 0.3) is 5.91 Å². The van der Waals surface area contributed by atoms with Crippen molar-refractivity contribution in [3.63, 3.8) is 0 Å². The van der Waals surface area contributed by atoms with Gasteiger partial charge in [-0.25, -0.2) is 4.39 Å². The second-order valence-electron chi connectivity index (χ2n) is 4.59. The van der Waals surface area contributed by atoms with Crippen LogP contribution in [0.4, 0.5) is 10.1 Å². The van der Waals surface area contributed by atoms with Crippen LogP contribution in [0.25, 0.3) is 0 Å². The van der Waals surface area contributed by atoms with E-state index in [4.69, 9.17) is 5.73 Å². The van der Waals surface area contributed by atoms with Crippen molar-refractivity contribution in [1.29, 1.82) is 0 Å².